The van der Waals surface area contributed by atoms with E-state index >= 15 is 0 Å². The third kappa shape index (κ3) is 5.60. The van der Waals surface area contributed by atoms with Gasteiger partial charge >= 0.3 is 6.18 Å². The highest BCUT2D eigenvalue weighted by molar-refractivity contribution is 5.94. The summed E-state index contributed by atoms with van der Waals surface area (Å²) in [6.07, 6.45) is 0.598. The van der Waals surface area contributed by atoms with E-state index in [1.807, 2.05) is 11.4 Å². The van der Waals surface area contributed by atoms with Gasteiger partial charge in [-0.25, -0.2) is 0 Å². The van der Waals surface area contributed by atoms with E-state index in [-0.39, 0.29) is 24.3 Å². The average Bonchev–Trinajstić information content (AvgIpc) is 3.50. The smallest absolute Gasteiger partial charge is 0.405 e. The number of hydrogen-bond donors (Lipinski definition) is 1. The maximum Gasteiger partial charge on any atom is 0.405 e. The molecule has 1 heterocycles. The standard InChI is InChI=1S/C23H21F3N2O4/c24-23(25,26)13-27-22(30)17-5-1-16(2-6-17)12-28(18-7-8-18)21(29)10-4-15-3-9-19-20(11-15)32-14-31-19/h1-6,9-11,18H,7-8,12-14H2,(H,27,30). The number of hydrogen-bond acceptors (Lipinski definition) is 4. The summed E-state index contributed by atoms with van der Waals surface area (Å²) in [5, 5.41) is 1.84. The van der Waals surface area contributed by atoms with Crippen LogP contribution in [0.5, 0.6) is 11.5 Å². The van der Waals surface area contributed by atoms with E-state index in [1.165, 1.54) is 18.2 Å². The van der Waals surface area contributed by atoms with Crippen molar-refractivity contribution >= 4 is 17.9 Å². The molecule has 4 rings (SSSR count). The number of benzene rings is 2. The molecule has 0 bridgehead atoms. The van der Waals surface area contributed by atoms with Gasteiger partial charge in [-0.15, -0.1) is 0 Å². The van der Waals surface area contributed by atoms with Crippen LogP contribution in [0.15, 0.2) is 48.5 Å². The lowest BCUT2D eigenvalue weighted by molar-refractivity contribution is -0.127. The molecule has 1 aliphatic heterocycles. The molecule has 2 amide bonds. The zero-order chi connectivity index (χ0) is 22.7. The Morgan fingerprint density at radius 1 is 1.06 bits per heavy atom. The Hall–Kier alpha value is -3.49. The molecule has 6 nitrogen and oxygen atoms in total. The second-order valence-corrected chi connectivity index (χ2v) is 7.64. The van der Waals surface area contributed by atoms with Crippen LogP contribution in [-0.2, 0) is 11.3 Å². The third-order valence-electron chi connectivity index (χ3n) is 5.10. The van der Waals surface area contributed by atoms with Gasteiger partial charge in [-0.1, -0.05) is 18.2 Å². The molecule has 1 aliphatic carbocycles. The third-order valence-corrected chi connectivity index (χ3v) is 5.10. The van der Waals surface area contributed by atoms with Crippen LogP contribution in [0.1, 0.15) is 34.3 Å². The summed E-state index contributed by atoms with van der Waals surface area (Å²) in [5.41, 5.74) is 1.73. The van der Waals surface area contributed by atoms with E-state index in [2.05, 4.69) is 0 Å². The molecule has 0 atom stereocenters. The molecule has 2 aromatic rings. The van der Waals surface area contributed by atoms with E-state index in [1.54, 1.807) is 35.2 Å². The van der Waals surface area contributed by atoms with Gasteiger partial charge in [0.15, 0.2) is 11.5 Å². The van der Waals surface area contributed by atoms with E-state index in [9.17, 15) is 22.8 Å². The molecule has 0 saturated heterocycles. The van der Waals surface area contributed by atoms with Gasteiger partial charge in [-0.3, -0.25) is 9.59 Å². The Morgan fingerprint density at radius 2 is 1.78 bits per heavy atom. The van der Waals surface area contributed by atoms with Gasteiger partial charge < -0.3 is 19.7 Å². The lowest BCUT2D eigenvalue weighted by Gasteiger charge is -2.21. The number of carbonyl (C=O) groups excluding carboxylic acids is 2. The molecule has 2 aliphatic rings. The number of nitrogens with zero attached hydrogens (tertiary/aromatic N) is 1. The largest absolute Gasteiger partial charge is 0.454 e. The van der Waals surface area contributed by atoms with Crippen molar-refractivity contribution < 1.29 is 32.2 Å². The monoisotopic (exact) mass is 446 g/mol. The normalized spacial score (nSPS) is 15.1. The van der Waals surface area contributed by atoms with E-state index in [4.69, 9.17) is 9.47 Å². The summed E-state index contributed by atoms with van der Waals surface area (Å²) in [5.74, 6) is 0.370. The van der Waals surface area contributed by atoms with Crippen LogP contribution < -0.4 is 14.8 Å². The van der Waals surface area contributed by atoms with Gasteiger partial charge in [0.1, 0.15) is 6.54 Å². The van der Waals surface area contributed by atoms with Crippen LogP contribution in [0, 0.1) is 0 Å². The first-order valence-corrected chi connectivity index (χ1v) is 10.1. The first-order valence-electron chi connectivity index (χ1n) is 10.1. The van der Waals surface area contributed by atoms with Crippen molar-refractivity contribution in [3.8, 4) is 11.5 Å². The van der Waals surface area contributed by atoms with Gasteiger partial charge in [0.2, 0.25) is 12.7 Å². The maximum atomic E-state index is 12.8. The molecular formula is C23H21F3N2O4. The fraction of sp³-hybridized carbons (Fsp3) is 0.304. The highest BCUT2D eigenvalue weighted by atomic mass is 19.4. The topological polar surface area (TPSA) is 67.9 Å². The molecule has 0 unspecified atom stereocenters. The van der Waals surface area contributed by atoms with Gasteiger partial charge in [-0.05, 0) is 54.3 Å². The van der Waals surface area contributed by atoms with Crippen LogP contribution in [0.2, 0.25) is 0 Å². The molecule has 1 fully saturated rings. The number of carbonyl (C=O) groups is 2. The molecule has 0 radical (unpaired) electrons. The van der Waals surface area contributed by atoms with Gasteiger partial charge in [-0.2, -0.15) is 13.2 Å². The summed E-state index contributed by atoms with van der Waals surface area (Å²) < 4.78 is 47.4. The van der Waals surface area contributed by atoms with E-state index in [0.717, 1.165) is 24.0 Å². The Bertz CT molecular complexity index is 1030. The predicted octanol–water partition coefficient (Wildman–Crippen LogP) is 3.91. The van der Waals surface area contributed by atoms with Crippen LogP contribution in [0.3, 0.4) is 0 Å². The first-order chi connectivity index (χ1) is 15.3. The number of rotatable bonds is 7. The summed E-state index contributed by atoms with van der Waals surface area (Å²) in [4.78, 5) is 26.4. The Labute approximate surface area is 182 Å². The molecule has 1 N–H and O–H groups in total. The van der Waals surface area contributed by atoms with Crippen molar-refractivity contribution in [2.75, 3.05) is 13.3 Å². The Morgan fingerprint density at radius 3 is 2.47 bits per heavy atom. The fourth-order valence-corrected chi connectivity index (χ4v) is 3.29. The number of alkyl halides is 3. The summed E-state index contributed by atoms with van der Waals surface area (Å²) >= 11 is 0. The molecule has 1 saturated carbocycles. The fourth-order valence-electron chi connectivity index (χ4n) is 3.29. The van der Waals surface area contributed by atoms with Gasteiger partial charge in [0.05, 0.1) is 0 Å². The molecule has 32 heavy (non-hydrogen) atoms. The lowest BCUT2D eigenvalue weighted by atomic mass is 10.1. The lowest BCUT2D eigenvalue weighted by Crippen LogP contribution is -2.33. The van der Waals surface area contributed by atoms with Crippen molar-refractivity contribution in [1.29, 1.82) is 0 Å². The van der Waals surface area contributed by atoms with Crippen molar-refractivity contribution in [3.05, 3.63) is 65.2 Å². The highest BCUT2D eigenvalue weighted by Crippen LogP contribution is 2.33. The minimum absolute atomic E-state index is 0.130. The van der Waals surface area contributed by atoms with Crippen molar-refractivity contribution in [2.45, 2.75) is 31.6 Å². The van der Waals surface area contributed by atoms with E-state index in [0.29, 0.717) is 18.0 Å². The Kier molecular flexibility index (Phi) is 6.07. The molecule has 0 spiro atoms. The minimum atomic E-state index is -4.46. The zero-order valence-electron chi connectivity index (χ0n) is 17.0. The van der Waals surface area contributed by atoms with Crippen molar-refractivity contribution in [1.82, 2.24) is 10.2 Å². The van der Waals surface area contributed by atoms with Crippen LogP contribution in [0.25, 0.3) is 6.08 Å². The zero-order valence-corrected chi connectivity index (χ0v) is 17.0. The van der Waals surface area contributed by atoms with Crippen LogP contribution in [0.4, 0.5) is 13.2 Å². The number of fused-ring (bicyclic) bond motifs is 1. The van der Waals surface area contributed by atoms with Crippen LogP contribution >= 0.6 is 0 Å². The molecule has 168 valence electrons. The highest BCUT2D eigenvalue weighted by Gasteiger charge is 2.31. The average molecular weight is 446 g/mol. The molecular weight excluding hydrogens is 425 g/mol. The van der Waals surface area contributed by atoms with Crippen molar-refractivity contribution in [3.63, 3.8) is 0 Å². The molecule has 2 aromatic carbocycles. The quantitative estimate of drug-likeness (QED) is 0.655. The molecule has 9 heteroatoms. The number of nitrogens with one attached hydrogen (secondary N) is 1. The summed E-state index contributed by atoms with van der Waals surface area (Å²) in [7, 11) is 0. The summed E-state index contributed by atoms with van der Waals surface area (Å²) in [6, 6.07) is 11.8. The van der Waals surface area contributed by atoms with Crippen molar-refractivity contribution in [2.24, 2.45) is 0 Å². The van der Waals surface area contributed by atoms with Gasteiger partial charge in [0, 0.05) is 24.2 Å². The molecule has 0 aromatic heterocycles. The van der Waals surface area contributed by atoms with E-state index < -0.39 is 18.6 Å². The Balaban J connectivity index is 1.38. The second-order valence-electron chi connectivity index (χ2n) is 7.64. The number of amides is 2. The van der Waals surface area contributed by atoms with Gasteiger partial charge in [0.25, 0.3) is 5.91 Å². The maximum absolute atomic E-state index is 12.8. The summed E-state index contributed by atoms with van der Waals surface area (Å²) in [6.45, 7) is -0.855. The first kappa shape index (κ1) is 21.7. The van der Waals surface area contributed by atoms with Crippen LogP contribution in [-0.4, -0.2) is 42.3 Å². The minimum Gasteiger partial charge on any atom is -0.454 e. The SMILES string of the molecule is O=C(NCC(F)(F)F)c1ccc(CN(C(=O)C=Cc2ccc3c(c2)OCO3)C2CC2)cc1. The second kappa shape index (κ2) is 8.94. The predicted molar refractivity (Wildman–Crippen MR) is 110 cm³/mol. The number of halogens is 3. The number of ether oxygens (including phenoxy) is 2.